The van der Waals surface area contributed by atoms with Crippen molar-refractivity contribution in [1.29, 1.82) is 5.26 Å². The van der Waals surface area contributed by atoms with Crippen LogP contribution in [0.3, 0.4) is 0 Å². The summed E-state index contributed by atoms with van der Waals surface area (Å²) in [7, 11) is 0. The number of rotatable bonds is 7. The van der Waals surface area contributed by atoms with Crippen LogP contribution in [-0.4, -0.2) is 30.6 Å². The van der Waals surface area contributed by atoms with E-state index in [-0.39, 0.29) is 0 Å². The fraction of sp³-hybridized carbons (Fsp3) is 0.533. The standard InChI is InChI=1S/C15H20N2O/c1-2-17(14-7-8-14)9-4-10-18-15-6-3-5-13(11-15)12-16/h3,5-6,11,14H,2,4,7-10H2,1H3. The van der Waals surface area contributed by atoms with E-state index in [4.69, 9.17) is 10.00 Å². The largest absolute Gasteiger partial charge is 0.494 e. The second-order valence-corrected chi connectivity index (χ2v) is 4.70. The number of benzene rings is 1. The first-order valence-corrected chi connectivity index (χ1v) is 6.70. The van der Waals surface area contributed by atoms with E-state index < -0.39 is 0 Å². The van der Waals surface area contributed by atoms with Crippen LogP contribution >= 0.6 is 0 Å². The molecule has 1 fully saturated rings. The molecule has 0 saturated heterocycles. The molecular weight excluding hydrogens is 224 g/mol. The number of hydrogen-bond acceptors (Lipinski definition) is 3. The molecule has 0 aromatic heterocycles. The predicted molar refractivity (Wildman–Crippen MR) is 71.5 cm³/mol. The molecule has 1 aromatic rings. The van der Waals surface area contributed by atoms with Crippen molar-refractivity contribution in [2.45, 2.75) is 32.2 Å². The summed E-state index contributed by atoms with van der Waals surface area (Å²) in [5, 5.41) is 8.79. The highest BCUT2D eigenvalue weighted by Gasteiger charge is 2.26. The molecule has 2 rings (SSSR count). The first kappa shape index (κ1) is 12.9. The number of nitrogens with zero attached hydrogens (tertiary/aromatic N) is 2. The average Bonchev–Trinajstić information content (AvgIpc) is 3.23. The van der Waals surface area contributed by atoms with E-state index in [1.807, 2.05) is 12.1 Å². The van der Waals surface area contributed by atoms with E-state index in [2.05, 4.69) is 17.9 Å². The molecule has 18 heavy (non-hydrogen) atoms. The quantitative estimate of drug-likeness (QED) is 0.692. The molecule has 0 bridgehead atoms. The van der Waals surface area contributed by atoms with Crippen molar-refractivity contribution in [2.24, 2.45) is 0 Å². The van der Waals surface area contributed by atoms with Gasteiger partial charge in [-0.15, -0.1) is 0 Å². The van der Waals surface area contributed by atoms with Crippen LogP contribution in [0.2, 0.25) is 0 Å². The molecule has 1 aromatic carbocycles. The summed E-state index contributed by atoms with van der Waals surface area (Å²) >= 11 is 0. The van der Waals surface area contributed by atoms with Crippen molar-refractivity contribution >= 4 is 0 Å². The van der Waals surface area contributed by atoms with Gasteiger partial charge in [-0.05, 0) is 44.0 Å². The van der Waals surface area contributed by atoms with Crippen molar-refractivity contribution in [2.75, 3.05) is 19.7 Å². The van der Waals surface area contributed by atoms with Gasteiger partial charge in [0.15, 0.2) is 0 Å². The molecule has 0 spiro atoms. The lowest BCUT2D eigenvalue weighted by atomic mass is 10.2. The Morgan fingerprint density at radius 2 is 2.28 bits per heavy atom. The van der Waals surface area contributed by atoms with E-state index in [1.165, 1.54) is 12.8 Å². The van der Waals surface area contributed by atoms with E-state index in [9.17, 15) is 0 Å². The molecule has 0 unspecified atom stereocenters. The SMILES string of the molecule is CCN(CCCOc1cccc(C#N)c1)C1CC1. The van der Waals surface area contributed by atoms with Crippen LogP contribution in [0, 0.1) is 11.3 Å². The Kier molecular flexibility index (Phi) is 4.60. The Hall–Kier alpha value is -1.53. The van der Waals surface area contributed by atoms with E-state index >= 15 is 0 Å². The van der Waals surface area contributed by atoms with Crippen molar-refractivity contribution in [1.82, 2.24) is 4.90 Å². The Morgan fingerprint density at radius 1 is 1.44 bits per heavy atom. The summed E-state index contributed by atoms with van der Waals surface area (Å²) in [4.78, 5) is 2.52. The summed E-state index contributed by atoms with van der Waals surface area (Å²) in [6, 6.07) is 10.3. The molecular formula is C15H20N2O. The Labute approximate surface area is 109 Å². The smallest absolute Gasteiger partial charge is 0.120 e. The maximum Gasteiger partial charge on any atom is 0.120 e. The third-order valence-corrected chi connectivity index (χ3v) is 3.29. The molecule has 3 nitrogen and oxygen atoms in total. The molecule has 96 valence electrons. The summed E-state index contributed by atoms with van der Waals surface area (Å²) < 4.78 is 5.67. The summed E-state index contributed by atoms with van der Waals surface area (Å²) in [6.45, 7) is 5.18. The minimum Gasteiger partial charge on any atom is -0.494 e. The zero-order chi connectivity index (χ0) is 12.8. The van der Waals surface area contributed by atoms with Gasteiger partial charge in [-0.1, -0.05) is 13.0 Å². The molecule has 1 saturated carbocycles. The van der Waals surface area contributed by atoms with Crippen LogP contribution in [0.1, 0.15) is 31.7 Å². The van der Waals surface area contributed by atoms with Gasteiger partial charge in [-0.2, -0.15) is 5.26 Å². The van der Waals surface area contributed by atoms with Crippen LogP contribution in [0.4, 0.5) is 0 Å². The van der Waals surface area contributed by atoms with Gasteiger partial charge in [0.2, 0.25) is 0 Å². The Balaban J connectivity index is 1.69. The lowest BCUT2D eigenvalue weighted by Gasteiger charge is -2.19. The molecule has 0 atom stereocenters. The molecule has 0 N–H and O–H groups in total. The molecule has 0 amide bonds. The van der Waals surface area contributed by atoms with Crippen molar-refractivity contribution in [3.63, 3.8) is 0 Å². The number of hydrogen-bond donors (Lipinski definition) is 0. The third kappa shape index (κ3) is 3.75. The van der Waals surface area contributed by atoms with Gasteiger partial charge in [0.1, 0.15) is 5.75 Å². The first-order valence-electron chi connectivity index (χ1n) is 6.70. The van der Waals surface area contributed by atoms with E-state index in [1.54, 1.807) is 12.1 Å². The molecule has 0 heterocycles. The maximum atomic E-state index is 8.79. The van der Waals surface area contributed by atoms with E-state index in [0.29, 0.717) is 5.56 Å². The number of ether oxygens (including phenoxy) is 1. The van der Waals surface area contributed by atoms with Crippen LogP contribution in [0.15, 0.2) is 24.3 Å². The lowest BCUT2D eigenvalue weighted by molar-refractivity contribution is 0.235. The number of nitriles is 1. The second kappa shape index (κ2) is 6.42. The molecule has 0 aliphatic heterocycles. The van der Waals surface area contributed by atoms with Crippen LogP contribution in [0.25, 0.3) is 0 Å². The zero-order valence-corrected chi connectivity index (χ0v) is 10.9. The van der Waals surface area contributed by atoms with Crippen LogP contribution in [-0.2, 0) is 0 Å². The zero-order valence-electron chi connectivity index (χ0n) is 10.9. The van der Waals surface area contributed by atoms with Gasteiger partial charge in [0.25, 0.3) is 0 Å². The predicted octanol–water partition coefficient (Wildman–Crippen LogP) is 2.81. The lowest BCUT2D eigenvalue weighted by Crippen LogP contribution is -2.27. The fourth-order valence-electron chi connectivity index (χ4n) is 2.15. The summed E-state index contributed by atoms with van der Waals surface area (Å²) in [6.07, 6.45) is 3.76. The highest BCUT2D eigenvalue weighted by molar-refractivity contribution is 5.36. The highest BCUT2D eigenvalue weighted by atomic mass is 16.5. The van der Waals surface area contributed by atoms with Crippen LogP contribution < -0.4 is 4.74 Å². The fourth-order valence-corrected chi connectivity index (χ4v) is 2.15. The minimum absolute atomic E-state index is 0.653. The summed E-state index contributed by atoms with van der Waals surface area (Å²) in [5.41, 5.74) is 0.653. The van der Waals surface area contributed by atoms with Crippen molar-refractivity contribution in [3.8, 4) is 11.8 Å². The van der Waals surface area contributed by atoms with Crippen LogP contribution in [0.5, 0.6) is 5.75 Å². The molecule has 3 heteroatoms. The molecule has 0 radical (unpaired) electrons. The third-order valence-electron chi connectivity index (χ3n) is 3.29. The Morgan fingerprint density at radius 3 is 2.94 bits per heavy atom. The Bertz CT molecular complexity index is 421. The molecule has 1 aliphatic rings. The maximum absolute atomic E-state index is 8.79. The van der Waals surface area contributed by atoms with E-state index in [0.717, 1.165) is 37.9 Å². The van der Waals surface area contributed by atoms with Gasteiger partial charge >= 0.3 is 0 Å². The second-order valence-electron chi connectivity index (χ2n) is 4.70. The van der Waals surface area contributed by atoms with Gasteiger partial charge in [-0.25, -0.2) is 0 Å². The molecule has 1 aliphatic carbocycles. The highest BCUT2D eigenvalue weighted by Crippen LogP contribution is 2.26. The minimum atomic E-state index is 0.653. The van der Waals surface area contributed by atoms with Crippen molar-refractivity contribution in [3.05, 3.63) is 29.8 Å². The van der Waals surface area contributed by atoms with Gasteiger partial charge in [0.05, 0.1) is 18.2 Å². The van der Waals surface area contributed by atoms with Crippen molar-refractivity contribution < 1.29 is 4.74 Å². The van der Waals surface area contributed by atoms with Gasteiger partial charge in [0, 0.05) is 12.6 Å². The first-order chi connectivity index (χ1) is 8.83. The van der Waals surface area contributed by atoms with Gasteiger partial charge in [-0.3, -0.25) is 0 Å². The van der Waals surface area contributed by atoms with Gasteiger partial charge < -0.3 is 9.64 Å². The topological polar surface area (TPSA) is 36.3 Å². The summed E-state index contributed by atoms with van der Waals surface area (Å²) in [5.74, 6) is 0.795. The monoisotopic (exact) mass is 244 g/mol. The average molecular weight is 244 g/mol. The normalized spacial score (nSPS) is 14.5.